The van der Waals surface area contributed by atoms with E-state index in [-0.39, 0.29) is 0 Å². The standard InChI is InChI=1S/C22H17BN2/c23-19-14-8-7-13-18(19)22-24-20(16-9-3-1-4-10-16)15-21(25-22)17-11-5-2-6-12-17/h1-15H,23H2. The SMILES string of the molecule is Bc1ccccc1-c1nc(-c2ccccc2)cc(-c2ccccc2)n1. The van der Waals surface area contributed by atoms with Crippen LogP contribution < -0.4 is 5.46 Å². The number of benzene rings is 3. The molecule has 0 amide bonds. The Bertz CT molecular complexity index is 941. The average molecular weight is 320 g/mol. The van der Waals surface area contributed by atoms with Gasteiger partial charge in [0.15, 0.2) is 5.82 Å². The molecule has 0 spiro atoms. The van der Waals surface area contributed by atoms with Gasteiger partial charge in [-0.15, -0.1) is 0 Å². The van der Waals surface area contributed by atoms with Crippen molar-refractivity contribution >= 4 is 13.3 Å². The van der Waals surface area contributed by atoms with Gasteiger partial charge in [-0.3, -0.25) is 0 Å². The molecule has 1 heterocycles. The van der Waals surface area contributed by atoms with Crippen molar-refractivity contribution in [3.8, 4) is 33.9 Å². The van der Waals surface area contributed by atoms with Crippen LogP contribution in [0, 0.1) is 0 Å². The molecule has 0 fully saturated rings. The Morgan fingerprint density at radius 2 is 1.04 bits per heavy atom. The Kier molecular flexibility index (Phi) is 4.13. The van der Waals surface area contributed by atoms with Crippen LogP contribution in [0.15, 0.2) is 91.0 Å². The molecule has 25 heavy (non-hydrogen) atoms. The molecule has 0 aliphatic carbocycles. The van der Waals surface area contributed by atoms with Gasteiger partial charge in [-0.05, 0) is 6.07 Å². The van der Waals surface area contributed by atoms with E-state index in [1.165, 1.54) is 5.46 Å². The van der Waals surface area contributed by atoms with Crippen molar-refractivity contribution in [3.63, 3.8) is 0 Å². The summed E-state index contributed by atoms with van der Waals surface area (Å²) >= 11 is 0. The smallest absolute Gasteiger partial charge is 0.159 e. The third-order valence-corrected chi connectivity index (χ3v) is 4.25. The van der Waals surface area contributed by atoms with Crippen molar-refractivity contribution in [2.24, 2.45) is 0 Å². The van der Waals surface area contributed by atoms with Crippen LogP contribution in [-0.2, 0) is 0 Å². The van der Waals surface area contributed by atoms with Gasteiger partial charge < -0.3 is 0 Å². The minimum absolute atomic E-state index is 0.762. The highest BCUT2D eigenvalue weighted by Crippen LogP contribution is 2.26. The fraction of sp³-hybridized carbons (Fsp3) is 0. The third-order valence-electron chi connectivity index (χ3n) is 4.25. The molecule has 0 unspecified atom stereocenters. The topological polar surface area (TPSA) is 25.8 Å². The van der Waals surface area contributed by atoms with Crippen molar-refractivity contribution in [2.45, 2.75) is 0 Å². The predicted octanol–water partition coefficient (Wildman–Crippen LogP) is 3.74. The van der Waals surface area contributed by atoms with Crippen molar-refractivity contribution in [1.82, 2.24) is 9.97 Å². The molecule has 0 N–H and O–H groups in total. The lowest BCUT2D eigenvalue weighted by Gasteiger charge is -2.10. The number of aromatic nitrogens is 2. The number of hydrogen-bond donors (Lipinski definition) is 0. The van der Waals surface area contributed by atoms with Gasteiger partial charge in [-0.2, -0.15) is 0 Å². The number of hydrogen-bond acceptors (Lipinski definition) is 2. The highest BCUT2D eigenvalue weighted by atomic mass is 14.9. The van der Waals surface area contributed by atoms with E-state index in [4.69, 9.17) is 9.97 Å². The van der Waals surface area contributed by atoms with Crippen LogP contribution in [0.25, 0.3) is 33.9 Å². The molecule has 3 heteroatoms. The fourth-order valence-electron chi connectivity index (χ4n) is 2.91. The van der Waals surface area contributed by atoms with E-state index in [9.17, 15) is 0 Å². The van der Waals surface area contributed by atoms with Crippen LogP contribution in [0.1, 0.15) is 0 Å². The average Bonchev–Trinajstić information content (AvgIpc) is 2.69. The van der Waals surface area contributed by atoms with Crippen molar-refractivity contribution in [2.75, 3.05) is 0 Å². The van der Waals surface area contributed by atoms with Gasteiger partial charge >= 0.3 is 0 Å². The summed E-state index contributed by atoms with van der Waals surface area (Å²) in [5, 5.41) is 0. The maximum absolute atomic E-state index is 4.85. The summed E-state index contributed by atoms with van der Waals surface area (Å²) in [6.07, 6.45) is 0. The van der Waals surface area contributed by atoms with Gasteiger partial charge in [0.2, 0.25) is 0 Å². The molecule has 0 bridgehead atoms. The minimum Gasteiger partial charge on any atom is -0.228 e. The Morgan fingerprint density at radius 1 is 0.560 bits per heavy atom. The predicted molar refractivity (Wildman–Crippen MR) is 107 cm³/mol. The molecule has 4 aromatic rings. The normalized spacial score (nSPS) is 10.6. The summed E-state index contributed by atoms with van der Waals surface area (Å²) in [5.41, 5.74) is 6.30. The van der Waals surface area contributed by atoms with Crippen LogP contribution in [0.2, 0.25) is 0 Å². The first-order valence-electron chi connectivity index (χ1n) is 8.37. The molecule has 0 saturated heterocycles. The van der Waals surface area contributed by atoms with E-state index < -0.39 is 0 Å². The Balaban J connectivity index is 1.94. The molecule has 0 atom stereocenters. The van der Waals surface area contributed by atoms with Gasteiger partial charge in [0.05, 0.1) is 11.4 Å². The van der Waals surface area contributed by atoms with E-state index >= 15 is 0 Å². The van der Waals surface area contributed by atoms with E-state index in [1.54, 1.807) is 0 Å². The lowest BCUT2D eigenvalue weighted by molar-refractivity contribution is 1.19. The first-order valence-corrected chi connectivity index (χ1v) is 8.37. The van der Waals surface area contributed by atoms with Crippen LogP contribution in [0.4, 0.5) is 0 Å². The van der Waals surface area contributed by atoms with Crippen LogP contribution in [0.5, 0.6) is 0 Å². The summed E-state index contributed by atoms with van der Waals surface area (Å²) in [4.78, 5) is 9.70. The first-order chi connectivity index (χ1) is 12.3. The second-order valence-corrected chi connectivity index (χ2v) is 6.01. The van der Waals surface area contributed by atoms with E-state index in [2.05, 4.69) is 50.3 Å². The van der Waals surface area contributed by atoms with Crippen molar-refractivity contribution in [1.29, 1.82) is 0 Å². The van der Waals surface area contributed by atoms with Crippen molar-refractivity contribution in [3.05, 3.63) is 91.0 Å². The summed E-state index contributed by atoms with van der Waals surface area (Å²) in [6.45, 7) is 0. The molecule has 0 aliphatic heterocycles. The molecule has 118 valence electrons. The molecule has 0 radical (unpaired) electrons. The van der Waals surface area contributed by atoms with Gasteiger partial charge in [0.25, 0.3) is 0 Å². The molecule has 0 aliphatic rings. The summed E-state index contributed by atoms with van der Waals surface area (Å²) in [5.74, 6) is 0.762. The number of nitrogens with zero attached hydrogens (tertiary/aromatic N) is 2. The zero-order valence-electron chi connectivity index (χ0n) is 14.1. The summed E-state index contributed by atoms with van der Waals surface area (Å²) in [6, 6.07) is 30.8. The molecule has 2 nitrogen and oxygen atoms in total. The van der Waals surface area contributed by atoms with Gasteiger partial charge in [-0.1, -0.05) is 90.4 Å². The van der Waals surface area contributed by atoms with E-state index in [0.29, 0.717) is 0 Å². The lowest BCUT2D eigenvalue weighted by Crippen LogP contribution is -2.08. The zero-order chi connectivity index (χ0) is 17.1. The lowest BCUT2D eigenvalue weighted by atomic mass is 9.90. The molecule has 3 aromatic carbocycles. The number of rotatable bonds is 3. The van der Waals surface area contributed by atoms with Crippen LogP contribution in [-0.4, -0.2) is 17.8 Å². The molecule has 0 saturated carbocycles. The molecular formula is C22H17BN2. The van der Waals surface area contributed by atoms with Gasteiger partial charge in [-0.25, -0.2) is 9.97 Å². The Hall–Kier alpha value is -3.20. The zero-order valence-corrected chi connectivity index (χ0v) is 14.1. The van der Waals surface area contributed by atoms with Crippen LogP contribution >= 0.6 is 0 Å². The minimum atomic E-state index is 0.762. The summed E-state index contributed by atoms with van der Waals surface area (Å²) in [7, 11) is 2.09. The van der Waals surface area contributed by atoms with E-state index in [0.717, 1.165) is 33.9 Å². The maximum Gasteiger partial charge on any atom is 0.159 e. The van der Waals surface area contributed by atoms with Gasteiger partial charge in [0.1, 0.15) is 7.85 Å². The highest BCUT2D eigenvalue weighted by molar-refractivity contribution is 6.35. The van der Waals surface area contributed by atoms with Crippen molar-refractivity contribution < 1.29 is 0 Å². The van der Waals surface area contributed by atoms with E-state index in [1.807, 2.05) is 48.5 Å². The largest absolute Gasteiger partial charge is 0.228 e. The highest BCUT2D eigenvalue weighted by Gasteiger charge is 2.11. The second-order valence-electron chi connectivity index (χ2n) is 6.01. The summed E-state index contributed by atoms with van der Waals surface area (Å²) < 4.78 is 0. The van der Waals surface area contributed by atoms with Gasteiger partial charge in [0, 0.05) is 16.7 Å². The first kappa shape index (κ1) is 15.3. The van der Waals surface area contributed by atoms with Crippen LogP contribution in [0.3, 0.4) is 0 Å². The Morgan fingerprint density at radius 3 is 1.56 bits per heavy atom. The fourth-order valence-corrected chi connectivity index (χ4v) is 2.91. The third kappa shape index (κ3) is 3.22. The second kappa shape index (κ2) is 6.74. The molecule has 1 aromatic heterocycles. The maximum atomic E-state index is 4.85. The Labute approximate surface area is 148 Å². The molecule has 4 rings (SSSR count). The monoisotopic (exact) mass is 320 g/mol. The molecular weight excluding hydrogens is 303 g/mol. The quantitative estimate of drug-likeness (QED) is 0.538.